The quantitative estimate of drug-likeness (QED) is 0.584. The highest BCUT2D eigenvalue weighted by Crippen LogP contribution is 2.86. The van der Waals surface area contributed by atoms with Crippen molar-refractivity contribution in [3.63, 3.8) is 0 Å². The number of rotatable bonds is 2. The Morgan fingerprint density at radius 3 is 1.92 bits per heavy atom. The summed E-state index contributed by atoms with van der Waals surface area (Å²) >= 11 is 0. The molecule has 0 aromatic heterocycles. The Labute approximate surface area is 76.7 Å². The van der Waals surface area contributed by atoms with Crippen LogP contribution in [-0.4, -0.2) is 0 Å². The molecule has 2 fully saturated rings. The van der Waals surface area contributed by atoms with Crippen LogP contribution >= 0.6 is 0 Å². The van der Waals surface area contributed by atoms with Crippen LogP contribution in [0.15, 0.2) is 0 Å². The fraction of sp³-hybridized carbons (Fsp3) is 1.00. The summed E-state index contributed by atoms with van der Waals surface area (Å²) in [5, 5.41) is 0. The maximum absolute atomic E-state index is 2.50. The van der Waals surface area contributed by atoms with Crippen LogP contribution in [0.2, 0.25) is 0 Å². The van der Waals surface area contributed by atoms with Gasteiger partial charge in [0.2, 0.25) is 0 Å². The van der Waals surface area contributed by atoms with Gasteiger partial charge in [-0.2, -0.15) is 0 Å². The molecule has 2 rings (SSSR count). The van der Waals surface area contributed by atoms with E-state index in [2.05, 4.69) is 34.6 Å². The molecule has 0 N–H and O–H groups in total. The monoisotopic (exact) mass is 166 g/mol. The molecule has 3 atom stereocenters. The maximum Gasteiger partial charge on any atom is -0.0212 e. The van der Waals surface area contributed by atoms with E-state index in [-0.39, 0.29) is 0 Å². The minimum absolute atomic E-state index is 0.677. The molecular weight excluding hydrogens is 144 g/mol. The third-order valence-electron chi connectivity index (χ3n) is 4.92. The van der Waals surface area contributed by atoms with E-state index in [9.17, 15) is 0 Å². The minimum Gasteiger partial charge on any atom is -0.0628 e. The molecule has 0 radical (unpaired) electrons. The van der Waals surface area contributed by atoms with E-state index in [0.29, 0.717) is 10.8 Å². The van der Waals surface area contributed by atoms with Crippen LogP contribution in [0.25, 0.3) is 0 Å². The van der Waals surface area contributed by atoms with Gasteiger partial charge in [0.15, 0.2) is 0 Å². The van der Waals surface area contributed by atoms with E-state index in [1.807, 2.05) is 0 Å². The highest BCUT2D eigenvalue weighted by molar-refractivity contribution is 5.27. The van der Waals surface area contributed by atoms with Gasteiger partial charge in [-0.3, -0.25) is 0 Å². The summed E-state index contributed by atoms with van der Waals surface area (Å²) in [7, 11) is 0. The molecule has 0 saturated heterocycles. The largest absolute Gasteiger partial charge is 0.0628 e. The molecule has 2 saturated carbocycles. The molecule has 0 amide bonds. The first-order valence-corrected chi connectivity index (χ1v) is 5.33. The van der Waals surface area contributed by atoms with E-state index in [4.69, 9.17) is 0 Å². The van der Waals surface area contributed by atoms with Gasteiger partial charge >= 0.3 is 0 Å². The van der Waals surface area contributed by atoms with Crippen molar-refractivity contribution in [1.29, 1.82) is 0 Å². The average molecular weight is 166 g/mol. The van der Waals surface area contributed by atoms with Gasteiger partial charge in [-0.25, -0.2) is 0 Å². The van der Waals surface area contributed by atoms with Gasteiger partial charge in [-0.05, 0) is 41.4 Å². The summed E-state index contributed by atoms with van der Waals surface area (Å²) in [5.41, 5.74) is 2.14. The van der Waals surface area contributed by atoms with Crippen LogP contribution in [0.1, 0.15) is 53.9 Å². The van der Waals surface area contributed by atoms with Crippen molar-refractivity contribution in [2.75, 3.05) is 0 Å². The summed E-state index contributed by atoms with van der Waals surface area (Å²) < 4.78 is 0. The highest BCUT2D eigenvalue weighted by atomic mass is 14.8. The lowest BCUT2D eigenvalue weighted by molar-refractivity contribution is -0.0229. The van der Waals surface area contributed by atoms with Crippen LogP contribution in [0.5, 0.6) is 0 Å². The molecule has 0 aromatic rings. The van der Waals surface area contributed by atoms with Crippen molar-refractivity contribution in [2.24, 2.45) is 22.2 Å². The van der Waals surface area contributed by atoms with Crippen LogP contribution in [0.3, 0.4) is 0 Å². The van der Waals surface area contributed by atoms with E-state index in [0.717, 1.165) is 11.3 Å². The van der Waals surface area contributed by atoms with Crippen molar-refractivity contribution in [3.8, 4) is 0 Å². The summed E-state index contributed by atoms with van der Waals surface area (Å²) in [6.07, 6.45) is 4.40. The first-order valence-electron chi connectivity index (χ1n) is 5.33. The van der Waals surface area contributed by atoms with Crippen LogP contribution < -0.4 is 0 Å². The summed E-state index contributed by atoms with van der Waals surface area (Å²) in [6.45, 7) is 12.2. The zero-order valence-corrected chi connectivity index (χ0v) is 9.20. The second kappa shape index (κ2) is 1.91. The third-order valence-corrected chi connectivity index (χ3v) is 4.92. The van der Waals surface area contributed by atoms with Gasteiger partial charge in [-0.15, -0.1) is 0 Å². The van der Waals surface area contributed by atoms with Crippen molar-refractivity contribution < 1.29 is 0 Å². The molecule has 0 bridgehead atoms. The van der Waals surface area contributed by atoms with E-state index in [1.54, 1.807) is 0 Å². The van der Waals surface area contributed by atoms with Crippen molar-refractivity contribution in [2.45, 2.75) is 53.9 Å². The van der Waals surface area contributed by atoms with Crippen molar-refractivity contribution >= 4 is 0 Å². The molecule has 70 valence electrons. The van der Waals surface area contributed by atoms with Gasteiger partial charge in [-0.1, -0.05) is 34.6 Å². The average Bonchev–Trinajstić information content (AvgIpc) is 2.27. The lowest BCUT2D eigenvalue weighted by atomic mass is 9.53. The van der Waals surface area contributed by atoms with Gasteiger partial charge in [0.05, 0.1) is 0 Å². The lowest BCUT2D eigenvalue weighted by Crippen LogP contribution is -2.43. The standard InChI is InChI=1S/C12H22/c1-9(2)6-10(3)7-11(4)8-12(10,11)5/h9H,6-8H2,1-5H3. The second-order valence-electron chi connectivity index (χ2n) is 6.40. The normalized spacial score (nSPS) is 56.5. The lowest BCUT2D eigenvalue weighted by Gasteiger charge is -2.51. The highest BCUT2D eigenvalue weighted by Gasteiger charge is 2.78. The Hall–Kier alpha value is 0. The molecule has 0 aromatic carbocycles. The Balaban J connectivity index is 2.08. The predicted molar refractivity (Wildman–Crippen MR) is 53.0 cm³/mol. The number of fused-ring (bicyclic) bond motifs is 1. The second-order valence-corrected chi connectivity index (χ2v) is 6.40. The topological polar surface area (TPSA) is 0 Å². The summed E-state index contributed by atoms with van der Waals surface area (Å²) in [4.78, 5) is 0. The fourth-order valence-electron chi connectivity index (χ4n) is 4.08. The first-order chi connectivity index (χ1) is 5.33. The molecule has 3 unspecified atom stereocenters. The molecule has 2 aliphatic rings. The Morgan fingerprint density at radius 1 is 1.08 bits per heavy atom. The summed E-state index contributed by atoms with van der Waals surface area (Å²) in [5.74, 6) is 0.872. The molecule has 0 heterocycles. The van der Waals surface area contributed by atoms with Crippen molar-refractivity contribution in [1.82, 2.24) is 0 Å². The van der Waals surface area contributed by atoms with Gasteiger partial charge < -0.3 is 0 Å². The molecular formula is C12H22. The third kappa shape index (κ3) is 0.744. The molecule has 12 heavy (non-hydrogen) atoms. The molecule has 0 aliphatic heterocycles. The molecule has 0 nitrogen and oxygen atoms in total. The minimum atomic E-state index is 0.677. The number of hydrogen-bond acceptors (Lipinski definition) is 0. The van der Waals surface area contributed by atoms with Crippen LogP contribution in [0, 0.1) is 22.2 Å². The molecule has 2 aliphatic carbocycles. The smallest absolute Gasteiger partial charge is 0.0212 e. The van der Waals surface area contributed by atoms with E-state index < -0.39 is 0 Å². The predicted octanol–water partition coefficient (Wildman–Crippen LogP) is 3.86. The van der Waals surface area contributed by atoms with E-state index in [1.165, 1.54) is 19.3 Å². The van der Waals surface area contributed by atoms with Crippen LogP contribution in [-0.2, 0) is 0 Å². The number of hydrogen-bond donors (Lipinski definition) is 0. The van der Waals surface area contributed by atoms with Gasteiger partial charge in [0.25, 0.3) is 0 Å². The maximum atomic E-state index is 2.50. The van der Waals surface area contributed by atoms with Crippen molar-refractivity contribution in [3.05, 3.63) is 0 Å². The zero-order valence-electron chi connectivity index (χ0n) is 9.20. The fourth-order valence-corrected chi connectivity index (χ4v) is 4.08. The SMILES string of the molecule is CC(C)CC1(C)CC2(C)CC12C. The molecule has 0 heteroatoms. The Morgan fingerprint density at radius 2 is 1.67 bits per heavy atom. The zero-order chi connectivity index (χ0) is 9.20. The van der Waals surface area contributed by atoms with Gasteiger partial charge in [0.1, 0.15) is 0 Å². The first kappa shape index (κ1) is 8.59. The van der Waals surface area contributed by atoms with Crippen LogP contribution in [0.4, 0.5) is 0 Å². The summed E-state index contributed by atoms with van der Waals surface area (Å²) in [6, 6.07) is 0. The molecule has 0 spiro atoms. The Kier molecular flexibility index (Phi) is 1.37. The van der Waals surface area contributed by atoms with E-state index >= 15 is 0 Å². The van der Waals surface area contributed by atoms with Gasteiger partial charge in [0, 0.05) is 0 Å². The Bertz CT molecular complexity index is 218.